The van der Waals surface area contributed by atoms with Gasteiger partial charge in [-0.05, 0) is 26.0 Å². The summed E-state index contributed by atoms with van der Waals surface area (Å²) in [5.41, 5.74) is -1.48. The minimum Gasteiger partial charge on any atom is -0.423 e. The second-order valence-electron chi connectivity index (χ2n) is 3.14. The van der Waals surface area contributed by atoms with Crippen molar-refractivity contribution in [2.45, 2.75) is 19.4 Å². The van der Waals surface area contributed by atoms with Crippen molar-refractivity contribution in [3.05, 3.63) is 24.5 Å². The largest absolute Gasteiger partial charge is 0.423 e. The molecule has 1 N–H and O–H groups in total. The van der Waals surface area contributed by atoms with Crippen LogP contribution in [0.3, 0.4) is 0 Å². The number of aliphatic hydroxyl groups is 1. The summed E-state index contributed by atoms with van der Waals surface area (Å²) < 4.78 is 4.83. The molecule has 0 saturated heterocycles. The molecular formula is C9H11NO3. The zero-order valence-electron chi connectivity index (χ0n) is 7.52. The quantitative estimate of drug-likeness (QED) is 0.684. The molecule has 1 aromatic heterocycles. The average Bonchev–Trinajstić information content (AvgIpc) is 2.04. The molecule has 0 bridgehead atoms. The van der Waals surface area contributed by atoms with Crippen molar-refractivity contribution in [1.29, 1.82) is 0 Å². The maximum atomic E-state index is 11.1. The third kappa shape index (κ3) is 2.83. The van der Waals surface area contributed by atoms with Gasteiger partial charge in [0.05, 0.1) is 6.20 Å². The van der Waals surface area contributed by atoms with Crippen LogP contribution in [-0.4, -0.2) is 21.7 Å². The Hall–Kier alpha value is -1.42. The SMILES string of the molecule is CC(C)(O)C(=O)Oc1cccnc1. The lowest BCUT2D eigenvalue weighted by Crippen LogP contribution is -2.35. The number of carbonyl (C=O) groups excluding carboxylic acids is 1. The molecule has 1 rings (SSSR count). The predicted molar refractivity (Wildman–Crippen MR) is 46.2 cm³/mol. The van der Waals surface area contributed by atoms with Crippen molar-refractivity contribution in [2.75, 3.05) is 0 Å². The van der Waals surface area contributed by atoms with Crippen molar-refractivity contribution in [2.24, 2.45) is 0 Å². The van der Waals surface area contributed by atoms with Gasteiger partial charge in [-0.2, -0.15) is 0 Å². The first kappa shape index (κ1) is 9.67. The highest BCUT2D eigenvalue weighted by molar-refractivity contribution is 5.80. The summed E-state index contributed by atoms with van der Waals surface area (Å²) in [6, 6.07) is 3.24. The van der Waals surface area contributed by atoms with E-state index in [0.717, 1.165) is 0 Å². The predicted octanol–water partition coefficient (Wildman–Crippen LogP) is 0.758. The molecule has 4 heteroatoms. The number of ether oxygens (including phenoxy) is 1. The van der Waals surface area contributed by atoms with Crippen LogP contribution >= 0.6 is 0 Å². The molecule has 0 aliphatic carbocycles. The van der Waals surface area contributed by atoms with E-state index in [9.17, 15) is 9.90 Å². The molecule has 0 amide bonds. The summed E-state index contributed by atoms with van der Waals surface area (Å²) in [6.45, 7) is 2.73. The third-order valence-corrected chi connectivity index (χ3v) is 1.34. The third-order valence-electron chi connectivity index (χ3n) is 1.34. The molecule has 1 heterocycles. The molecule has 0 atom stereocenters. The van der Waals surface area contributed by atoms with E-state index in [4.69, 9.17) is 4.74 Å². The number of rotatable bonds is 2. The van der Waals surface area contributed by atoms with Crippen molar-refractivity contribution in [1.82, 2.24) is 4.98 Å². The zero-order chi connectivity index (χ0) is 9.90. The Balaban J connectivity index is 2.66. The number of aromatic nitrogens is 1. The lowest BCUT2D eigenvalue weighted by Gasteiger charge is -2.14. The number of hydrogen-bond donors (Lipinski definition) is 1. The van der Waals surface area contributed by atoms with Crippen LogP contribution in [0.4, 0.5) is 0 Å². The molecule has 0 aliphatic heterocycles. The van der Waals surface area contributed by atoms with E-state index in [0.29, 0.717) is 5.75 Å². The molecular weight excluding hydrogens is 170 g/mol. The molecule has 13 heavy (non-hydrogen) atoms. The van der Waals surface area contributed by atoms with E-state index >= 15 is 0 Å². The Morgan fingerprint density at radius 1 is 1.62 bits per heavy atom. The smallest absolute Gasteiger partial charge is 0.342 e. The highest BCUT2D eigenvalue weighted by Crippen LogP contribution is 2.11. The highest BCUT2D eigenvalue weighted by atomic mass is 16.6. The molecule has 0 fully saturated rings. The molecule has 70 valence electrons. The molecule has 1 aromatic rings. The van der Waals surface area contributed by atoms with Gasteiger partial charge in [-0.15, -0.1) is 0 Å². The van der Waals surface area contributed by atoms with Crippen LogP contribution in [0, 0.1) is 0 Å². The topological polar surface area (TPSA) is 59.4 Å². The van der Waals surface area contributed by atoms with Gasteiger partial charge in [-0.25, -0.2) is 4.79 Å². The molecule has 0 saturated carbocycles. The van der Waals surface area contributed by atoms with Gasteiger partial charge in [0.1, 0.15) is 5.75 Å². The number of nitrogens with zero attached hydrogens (tertiary/aromatic N) is 1. The van der Waals surface area contributed by atoms with E-state index in [1.165, 1.54) is 20.0 Å². The monoisotopic (exact) mass is 181 g/mol. The maximum Gasteiger partial charge on any atom is 0.342 e. The summed E-state index contributed by atoms with van der Waals surface area (Å²) in [7, 11) is 0. The maximum absolute atomic E-state index is 11.1. The molecule has 0 radical (unpaired) electrons. The molecule has 0 aliphatic rings. The lowest BCUT2D eigenvalue weighted by molar-refractivity contribution is -0.151. The van der Waals surface area contributed by atoms with E-state index in [1.807, 2.05) is 0 Å². The minimum absolute atomic E-state index is 0.328. The number of esters is 1. The molecule has 0 unspecified atom stereocenters. The highest BCUT2D eigenvalue weighted by Gasteiger charge is 2.26. The van der Waals surface area contributed by atoms with Gasteiger partial charge in [-0.1, -0.05) is 0 Å². The van der Waals surface area contributed by atoms with Gasteiger partial charge in [0.25, 0.3) is 0 Å². The molecule has 0 spiro atoms. The van der Waals surface area contributed by atoms with E-state index in [-0.39, 0.29) is 0 Å². The first-order valence-electron chi connectivity index (χ1n) is 3.85. The van der Waals surface area contributed by atoms with E-state index < -0.39 is 11.6 Å². The van der Waals surface area contributed by atoms with Crippen LogP contribution in [0.1, 0.15) is 13.8 Å². The van der Waals surface area contributed by atoms with Crippen LogP contribution in [0.5, 0.6) is 5.75 Å². The zero-order valence-corrected chi connectivity index (χ0v) is 7.52. The number of hydrogen-bond acceptors (Lipinski definition) is 4. The summed E-state index contributed by atoms with van der Waals surface area (Å²) in [4.78, 5) is 14.9. The van der Waals surface area contributed by atoms with Crippen molar-refractivity contribution in [3.63, 3.8) is 0 Å². The van der Waals surface area contributed by atoms with Gasteiger partial charge in [-0.3, -0.25) is 4.98 Å². The first-order chi connectivity index (χ1) is 6.00. The van der Waals surface area contributed by atoms with Gasteiger partial charge >= 0.3 is 5.97 Å². The average molecular weight is 181 g/mol. The second-order valence-corrected chi connectivity index (χ2v) is 3.14. The Bertz CT molecular complexity index is 289. The minimum atomic E-state index is -1.48. The summed E-state index contributed by atoms with van der Waals surface area (Å²) in [5, 5.41) is 9.25. The van der Waals surface area contributed by atoms with Crippen LogP contribution in [-0.2, 0) is 4.79 Å². The Morgan fingerprint density at radius 3 is 2.77 bits per heavy atom. The van der Waals surface area contributed by atoms with Crippen molar-refractivity contribution < 1.29 is 14.6 Å². The van der Waals surface area contributed by atoms with E-state index in [2.05, 4.69) is 4.98 Å². The van der Waals surface area contributed by atoms with Crippen LogP contribution in [0.25, 0.3) is 0 Å². The van der Waals surface area contributed by atoms with Gasteiger partial charge in [0, 0.05) is 6.20 Å². The molecule has 0 aromatic carbocycles. The fourth-order valence-electron chi connectivity index (χ4n) is 0.639. The first-order valence-corrected chi connectivity index (χ1v) is 3.85. The standard InChI is InChI=1S/C9H11NO3/c1-9(2,12)8(11)13-7-4-3-5-10-6-7/h3-6,12H,1-2H3. The van der Waals surface area contributed by atoms with Crippen molar-refractivity contribution >= 4 is 5.97 Å². The normalized spacial score (nSPS) is 11.0. The number of carbonyl (C=O) groups is 1. The fourth-order valence-corrected chi connectivity index (χ4v) is 0.639. The summed E-state index contributed by atoms with van der Waals surface area (Å²) >= 11 is 0. The number of pyridine rings is 1. The van der Waals surface area contributed by atoms with Crippen LogP contribution in [0.15, 0.2) is 24.5 Å². The second kappa shape index (κ2) is 3.53. The van der Waals surface area contributed by atoms with Crippen LogP contribution < -0.4 is 4.74 Å². The molecule has 4 nitrogen and oxygen atoms in total. The summed E-state index contributed by atoms with van der Waals surface area (Å²) in [5.74, 6) is -0.366. The van der Waals surface area contributed by atoms with Crippen LogP contribution in [0.2, 0.25) is 0 Å². The lowest BCUT2D eigenvalue weighted by atomic mass is 10.1. The van der Waals surface area contributed by atoms with E-state index in [1.54, 1.807) is 18.3 Å². The van der Waals surface area contributed by atoms with Gasteiger partial charge in [0.2, 0.25) is 0 Å². The summed E-state index contributed by atoms with van der Waals surface area (Å²) in [6.07, 6.45) is 2.98. The Kier molecular flexibility index (Phi) is 2.63. The Labute approximate surface area is 76.2 Å². The fraction of sp³-hybridized carbons (Fsp3) is 0.333. The van der Waals surface area contributed by atoms with Crippen molar-refractivity contribution in [3.8, 4) is 5.75 Å². The Morgan fingerprint density at radius 2 is 2.31 bits per heavy atom. The van der Waals surface area contributed by atoms with Gasteiger partial charge in [0.15, 0.2) is 5.60 Å². The van der Waals surface area contributed by atoms with Gasteiger partial charge < -0.3 is 9.84 Å².